The van der Waals surface area contributed by atoms with Crippen LogP contribution >= 0.6 is 0 Å². The van der Waals surface area contributed by atoms with Crippen molar-refractivity contribution in [3.05, 3.63) is 83.9 Å². The molecule has 0 saturated carbocycles. The summed E-state index contributed by atoms with van der Waals surface area (Å²) in [5, 5.41) is 0. The summed E-state index contributed by atoms with van der Waals surface area (Å²) >= 11 is 0. The van der Waals surface area contributed by atoms with Gasteiger partial charge in [0.15, 0.2) is 0 Å². The highest BCUT2D eigenvalue weighted by Crippen LogP contribution is 2.35. The van der Waals surface area contributed by atoms with Crippen LogP contribution < -0.4 is 4.74 Å². The highest BCUT2D eigenvalue weighted by Gasteiger charge is 2.17. The Hall–Kier alpha value is -3.33. The quantitative estimate of drug-likeness (QED) is 0.485. The van der Waals surface area contributed by atoms with Crippen molar-refractivity contribution >= 4 is 0 Å². The fourth-order valence-corrected chi connectivity index (χ4v) is 3.29. The fourth-order valence-electron chi connectivity index (χ4n) is 3.29. The molecule has 3 heteroatoms. The number of aryl methyl sites for hydroxylation is 2. The molecule has 0 aliphatic carbocycles. The minimum absolute atomic E-state index is 0.818. The lowest BCUT2D eigenvalue weighted by atomic mass is 9.99. The second kappa shape index (κ2) is 7.12. The summed E-state index contributed by atoms with van der Waals surface area (Å²) in [5.74, 6) is 1.65. The molecule has 0 spiro atoms. The van der Waals surface area contributed by atoms with Gasteiger partial charge in [-0.1, -0.05) is 60.2 Å². The van der Waals surface area contributed by atoms with Crippen molar-refractivity contribution in [3.63, 3.8) is 0 Å². The van der Waals surface area contributed by atoms with Crippen LogP contribution in [-0.2, 0) is 0 Å². The molecule has 0 aliphatic heterocycles. The minimum Gasteiger partial charge on any atom is -0.497 e. The van der Waals surface area contributed by atoms with Crippen LogP contribution in [0.25, 0.3) is 33.9 Å². The van der Waals surface area contributed by atoms with Gasteiger partial charge in [0.05, 0.1) is 18.5 Å². The van der Waals surface area contributed by atoms with Crippen molar-refractivity contribution in [1.29, 1.82) is 0 Å². The number of nitrogens with one attached hydrogen (secondary N) is 1. The number of H-pyrrole nitrogens is 1. The van der Waals surface area contributed by atoms with Crippen LogP contribution in [0.5, 0.6) is 5.75 Å². The molecular formula is C24H22N2O. The third-order valence-corrected chi connectivity index (χ3v) is 4.76. The average molecular weight is 354 g/mol. The van der Waals surface area contributed by atoms with E-state index in [1.54, 1.807) is 7.11 Å². The van der Waals surface area contributed by atoms with Crippen LogP contribution in [0.3, 0.4) is 0 Å². The average Bonchev–Trinajstić information content (AvgIpc) is 3.16. The Balaban J connectivity index is 1.94. The monoisotopic (exact) mass is 354 g/mol. The van der Waals surface area contributed by atoms with Gasteiger partial charge in [-0.15, -0.1) is 0 Å². The van der Waals surface area contributed by atoms with Crippen molar-refractivity contribution in [2.75, 3.05) is 7.11 Å². The van der Waals surface area contributed by atoms with Crippen LogP contribution in [0.4, 0.5) is 0 Å². The Labute approximate surface area is 159 Å². The molecule has 0 aliphatic rings. The molecule has 0 amide bonds. The van der Waals surface area contributed by atoms with E-state index in [0.29, 0.717) is 0 Å². The second-order valence-electron chi connectivity index (χ2n) is 6.73. The SMILES string of the molecule is COc1cccc(-c2nc(-c3ccccc3)c(-c3cc(C)ccc3C)[nH]2)c1. The third kappa shape index (κ3) is 3.36. The minimum atomic E-state index is 0.818. The molecule has 0 radical (unpaired) electrons. The molecule has 3 aromatic carbocycles. The number of benzene rings is 3. The summed E-state index contributed by atoms with van der Waals surface area (Å²) in [6, 6.07) is 24.8. The summed E-state index contributed by atoms with van der Waals surface area (Å²) in [7, 11) is 1.68. The van der Waals surface area contributed by atoms with E-state index >= 15 is 0 Å². The maximum Gasteiger partial charge on any atom is 0.138 e. The molecule has 3 nitrogen and oxygen atoms in total. The smallest absolute Gasteiger partial charge is 0.138 e. The Bertz CT molecular complexity index is 1080. The number of aromatic nitrogens is 2. The zero-order valence-electron chi connectivity index (χ0n) is 15.8. The van der Waals surface area contributed by atoms with E-state index in [1.807, 2.05) is 42.5 Å². The summed E-state index contributed by atoms with van der Waals surface area (Å²) in [4.78, 5) is 8.53. The molecule has 1 heterocycles. The zero-order chi connectivity index (χ0) is 18.8. The lowest BCUT2D eigenvalue weighted by Crippen LogP contribution is -1.88. The van der Waals surface area contributed by atoms with Crippen LogP contribution in [-0.4, -0.2) is 17.1 Å². The van der Waals surface area contributed by atoms with E-state index in [2.05, 4.69) is 49.2 Å². The van der Waals surface area contributed by atoms with Crippen molar-refractivity contribution in [2.24, 2.45) is 0 Å². The van der Waals surface area contributed by atoms with E-state index in [4.69, 9.17) is 9.72 Å². The van der Waals surface area contributed by atoms with Gasteiger partial charge in [-0.3, -0.25) is 0 Å². The van der Waals surface area contributed by atoms with Crippen LogP contribution in [0.1, 0.15) is 11.1 Å². The van der Waals surface area contributed by atoms with Crippen LogP contribution in [0.2, 0.25) is 0 Å². The number of aromatic amines is 1. The molecule has 0 atom stereocenters. The zero-order valence-corrected chi connectivity index (χ0v) is 15.8. The summed E-state index contributed by atoms with van der Waals surface area (Å²) in [5.41, 5.74) is 7.73. The second-order valence-corrected chi connectivity index (χ2v) is 6.73. The van der Waals surface area contributed by atoms with E-state index in [-0.39, 0.29) is 0 Å². The number of nitrogens with zero attached hydrogens (tertiary/aromatic N) is 1. The summed E-state index contributed by atoms with van der Waals surface area (Å²) < 4.78 is 5.38. The third-order valence-electron chi connectivity index (χ3n) is 4.76. The van der Waals surface area contributed by atoms with E-state index in [1.165, 1.54) is 16.7 Å². The summed E-state index contributed by atoms with van der Waals surface area (Å²) in [6.07, 6.45) is 0. The number of methoxy groups -OCH3 is 1. The van der Waals surface area contributed by atoms with Crippen LogP contribution in [0.15, 0.2) is 72.8 Å². The van der Waals surface area contributed by atoms with Gasteiger partial charge in [0.1, 0.15) is 11.6 Å². The molecule has 0 bridgehead atoms. The molecular weight excluding hydrogens is 332 g/mol. The van der Waals surface area contributed by atoms with Gasteiger partial charge in [0, 0.05) is 16.7 Å². The highest BCUT2D eigenvalue weighted by atomic mass is 16.5. The van der Waals surface area contributed by atoms with Crippen molar-refractivity contribution in [3.8, 4) is 39.7 Å². The van der Waals surface area contributed by atoms with Crippen molar-refractivity contribution in [2.45, 2.75) is 13.8 Å². The van der Waals surface area contributed by atoms with Crippen molar-refractivity contribution < 1.29 is 4.74 Å². The molecule has 1 N–H and O–H groups in total. The predicted octanol–water partition coefficient (Wildman–Crippen LogP) is 6.04. The van der Waals surface area contributed by atoms with Gasteiger partial charge < -0.3 is 9.72 Å². The first kappa shape index (κ1) is 17.1. The first-order chi connectivity index (χ1) is 13.2. The van der Waals surface area contributed by atoms with Gasteiger partial charge in [-0.05, 0) is 37.6 Å². The predicted molar refractivity (Wildman–Crippen MR) is 111 cm³/mol. The molecule has 1 aromatic heterocycles. The van der Waals surface area contributed by atoms with Gasteiger partial charge in [0.25, 0.3) is 0 Å². The first-order valence-corrected chi connectivity index (χ1v) is 9.03. The Morgan fingerprint density at radius 2 is 1.59 bits per heavy atom. The molecule has 0 unspecified atom stereocenters. The number of imidazole rings is 1. The largest absolute Gasteiger partial charge is 0.497 e. The maximum atomic E-state index is 5.38. The lowest BCUT2D eigenvalue weighted by molar-refractivity contribution is 0.415. The van der Waals surface area contributed by atoms with Gasteiger partial charge >= 0.3 is 0 Å². The van der Waals surface area contributed by atoms with Gasteiger partial charge in [-0.25, -0.2) is 4.98 Å². The Kier molecular flexibility index (Phi) is 4.51. The Morgan fingerprint density at radius 3 is 2.37 bits per heavy atom. The Morgan fingerprint density at radius 1 is 0.815 bits per heavy atom. The molecule has 4 aromatic rings. The number of hydrogen-bond donors (Lipinski definition) is 1. The normalized spacial score (nSPS) is 10.8. The van der Waals surface area contributed by atoms with Crippen LogP contribution in [0, 0.1) is 13.8 Å². The van der Waals surface area contributed by atoms with E-state index in [9.17, 15) is 0 Å². The van der Waals surface area contributed by atoms with Gasteiger partial charge in [0.2, 0.25) is 0 Å². The molecule has 0 saturated heterocycles. The van der Waals surface area contributed by atoms with Crippen molar-refractivity contribution in [1.82, 2.24) is 9.97 Å². The molecule has 0 fully saturated rings. The van der Waals surface area contributed by atoms with E-state index in [0.717, 1.165) is 34.1 Å². The first-order valence-electron chi connectivity index (χ1n) is 9.03. The molecule has 134 valence electrons. The fraction of sp³-hybridized carbons (Fsp3) is 0.125. The molecule has 27 heavy (non-hydrogen) atoms. The maximum absolute atomic E-state index is 5.38. The lowest BCUT2D eigenvalue weighted by Gasteiger charge is -2.08. The number of ether oxygens (including phenoxy) is 1. The van der Waals surface area contributed by atoms with E-state index < -0.39 is 0 Å². The molecule has 4 rings (SSSR count). The number of rotatable bonds is 4. The topological polar surface area (TPSA) is 37.9 Å². The highest BCUT2D eigenvalue weighted by molar-refractivity contribution is 5.82. The standard InChI is InChI=1S/C24H22N2O/c1-16-12-13-17(2)21(14-16)23-22(18-8-5-4-6-9-18)25-24(26-23)19-10-7-11-20(15-19)27-3/h4-15H,1-3H3,(H,25,26). The number of hydrogen-bond acceptors (Lipinski definition) is 2. The van der Waals surface area contributed by atoms with Gasteiger partial charge in [-0.2, -0.15) is 0 Å². The summed E-state index contributed by atoms with van der Waals surface area (Å²) in [6.45, 7) is 4.25.